The normalized spacial score (nSPS) is 20.4. The Hall–Kier alpha value is -2.34. The summed E-state index contributed by atoms with van der Waals surface area (Å²) >= 11 is 6.40. The monoisotopic (exact) mass is 403 g/mol. The Morgan fingerprint density at radius 2 is 1.93 bits per heavy atom. The molecule has 1 aromatic carbocycles. The first-order valence-electron chi connectivity index (χ1n) is 9.70. The van der Waals surface area contributed by atoms with Gasteiger partial charge in [-0.25, -0.2) is 9.48 Å². The lowest BCUT2D eigenvalue weighted by molar-refractivity contribution is -0.130. The summed E-state index contributed by atoms with van der Waals surface area (Å²) in [5, 5.41) is 7.52. The third kappa shape index (κ3) is 4.38. The van der Waals surface area contributed by atoms with Crippen LogP contribution in [-0.4, -0.2) is 33.8 Å². The van der Waals surface area contributed by atoms with Crippen LogP contribution in [0.25, 0.3) is 5.69 Å². The van der Waals surface area contributed by atoms with Crippen LogP contribution in [0.1, 0.15) is 55.6 Å². The zero-order chi connectivity index (χ0) is 20.3. The van der Waals surface area contributed by atoms with E-state index in [1.807, 2.05) is 30.3 Å². The van der Waals surface area contributed by atoms with E-state index in [1.54, 1.807) is 13.8 Å². The summed E-state index contributed by atoms with van der Waals surface area (Å²) in [6.45, 7) is 5.41. The molecule has 6 nitrogen and oxygen atoms in total. The Morgan fingerprint density at radius 3 is 2.61 bits per heavy atom. The van der Waals surface area contributed by atoms with Crippen molar-refractivity contribution in [1.82, 2.24) is 15.1 Å². The van der Waals surface area contributed by atoms with Gasteiger partial charge in [-0.15, -0.1) is 0 Å². The summed E-state index contributed by atoms with van der Waals surface area (Å²) in [4.78, 5) is 25.1. The molecule has 1 fully saturated rings. The average molecular weight is 404 g/mol. The molecular formula is C21H26ClN3O3. The maximum absolute atomic E-state index is 12.7. The highest BCUT2D eigenvalue weighted by atomic mass is 35.5. The fourth-order valence-electron chi connectivity index (χ4n) is 3.58. The summed E-state index contributed by atoms with van der Waals surface area (Å²) < 4.78 is 6.89. The molecule has 0 aliphatic heterocycles. The molecule has 7 heteroatoms. The topological polar surface area (TPSA) is 73.2 Å². The fraction of sp³-hybridized carbons (Fsp3) is 0.476. The van der Waals surface area contributed by atoms with E-state index in [2.05, 4.69) is 17.3 Å². The van der Waals surface area contributed by atoms with Crippen molar-refractivity contribution in [2.24, 2.45) is 5.92 Å². The third-order valence-electron chi connectivity index (χ3n) is 5.30. The number of carbonyl (C=O) groups excluding carboxylic acids is 2. The minimum atomic E-state index is -0.905. The number of nitrogens with zero attached hydrogens (tertiary/aromatic N) is 2. The molecule has 150 valence electrons. The van der Waals surface area contributed by atoms with Crippen LogP contribution in [-0.2, 0) is 9.53 Å². The molecule has 0 radical (unpaired) electrons. The number of halogens is 1. The number of ether oxygens (including phenoxy) is 1. The van der Waals surface area contributed by atoms with Gasteiger partial charge in [0.2, 0.25) is 0 Å². The van der Waals surface area contributed by atoms with Crippen molar-refractivity contribution in [3.8, 4) is 5.69 Å². The van der Waals surface area contributed by atoms with Crippen LogP contribution in [0.5, 0.6) is 0 Å². The van der Waals surface area contributed by atoms with Gasteiger partial charge in [-0.1, -0.05) is 49.6 Å². The highest BCUT2D eigenvalue weighted by Crippen LogP contribution is 2.26. The number of aryl methyl sites for hydroxylation is 1. The number of hydrogen-bond donors (Lipinski definition) is 1. The SMILES string of the molecule is Cc1nn(-c2ccccc2)c(Cl)c1C(=O)O[C@H](C)C(=O)N[C@H]1CCCC[C@@H]1C. The Kier molecular flexibility index (Phi) is 6.39. The standard InChI is InChI=1S/C21H26ClN3O3/c1-13-9-7-8-12-17(13)23-20(26)15(3)28-21(27)18-14(2)24-25(19(18)22)16-10-5-4-6-11-16/h4-6,10-11,13,15,17H,7-9,12H2,1-3H3,(H,23,26)/t13-,15+,17-/m0/s1. The van der Waals surface area contributed by atoms with Gasteiger partial charge in [-0.3, -0.25) is 4.79 Å². The van der Waals surface area contributed by atoms with Gasteiger partial charge in [0.25, 0.3) is 5.91 Å². The van der Waals surface area contributed by atoms with Crippen LogP contribution < -0.4 is 5.32 Å². The van der Waals surface area contributed by atoms with Gasteiger partial charge in [0.15, 0.2) is 6.10 Å². The number of hydrogen-bond acceptors (Lipinski definition) is 4. The van der Waals surface area contributed by atoms with Crippen molar-refractivity contribution in [2.75, 3.05) is 0 Å². The number of esters is 1. The van der Waals surface area contributed by atoms with E-state index in [0.717, 1.165) is 24.9 Å². The molecule has 3 atom stereocenters. The number of nitrogens with one attached hydrogen (secondary N) is 1. The Bertz CT molecular complexity index is 850. The molecule has 2 aromatic rings. The number of para-hydroxylation sites is 1. The van der Waals surface area contributed by atoms with E-state index < -0.39 is 12.1 Å². The van der Waals surface area contributed by atoms with Crippen molar-refractivity contribution in [3.05, 3.63) is 46.7 Å². The van der Waals surface area contributed by atoms with Gasteiger partial charge < -0.3 is 10.1 Å². The molecule has 28 heavy (non-hydrogen) atoms. The second-order valence-electron chi connectivity index (χ2n) is 7.42. The largest absolute Gasteiger partial charge is 0.449 e. The van der Waals surface area contributed by atoms with E-state index in [0.29, 0.717) is 11.6 Å². The van der Waals surface area contributed by atoms with E-state index in [4.69, 9.17) is 16.3 Å². The molecule has 1 N–H and O–H groups in total. The van der Waals surface area contributed by atoms with Crippen LogP contribution in [0.2, 0.25) is 5.15 Å². The average Bonchev–Trinajstić information content (AvgIpc) is 2.98. The molecule has 0 saturated heterocycles. The predicted octanol–water partition coefficient (Wildman–Crippen LogP) is 4.07. The van der Waals surface area contributed by atoms with Gasteiger partial charge >= 0.3 is 5.97 Å². The molecule has 1 aliphatic carbocycles. The zero-order valence-corrected chi connectivity index (χ0v) is 17.2. The molecular weight excluding hydrogens is 378 g/mol. The van der Waals surface area contributed by atoms with Crippen molar-refractivity contribution < 1.29 is 14.3 Å². The molecule has 0 spiro atoms. The summed E-state index contributed by atoms with van der Waals surface area (Å²) in [5.41, 5.74) is 1.37. The third-order valence-corrected chi connectivity index (χ3v) is 5.65. The van der Waals surface area contributed by atoms with Gasteiger partial charge in [-0.05, 0) is 44.7 Å². The summed E-state index contributed by atoms with van der Waals surface area (Å²) in [6, 6.07) is 9.42. The van der Waals surface area contributed by atoms with Gasteiger partial charge in [0, 0.05) is 6.04 Å². The Balaban J connectivity index is 1.69. The van der Waals surface area contributed by atoms with E-state index >= 15 is 0 Å². The number of benzene rings is 1. The molecule has 1 amide bonds. The number of rotatable bonds is 5. The fourth-order valence-corrected chi connectivity index (χ4v) is 3.92. The van der Waals surface area contributed by atoms with Crippen molar-refractivity contribution >= 4 is 23.5 Å². The smallest absolute Gasteiger partial charge is 0.344 e. The van der Waals surface area contributed by atoms with E-state index in [1.165, 1.54) is 11.1 Å². The molecule has 0 unspecified atom stereocenters. The first-order chi connectivity index (χ1) is 13.4. The quantitative estimate of drug-likeness (QED) is 0.763. The lowest BCUT2D eigenvalue weighted by atomic mass is 9.86. The van der Waals surface area contributed by atoms with Crippen molar-refractivity contribution in [2.45, 2.75) is 58.6 Å². The Morgan fingerprint density at radius 1 is 1.25 bits per heavy atom. The maximum atomic E-state index is 12.7. The van der Waals surface area contributed by atoms with E-state index in [9.17, 15) is 9.59 Å². The van der Waals surface area contributed by atoms with Crippen molar-refractivity contribution in [3.63, 3.8) is 0 Å². The lowest BCUT2D eigenvalue weighted by Crippen LogP contribution is -2.46. The minimum absolute atomic E-state index is 0.133. The van der Waals surface area contributed by atoms with Gasteiger partial charge in [-0.2, -0.15) is 5.10 Å². The molecule has 0 bridgehead atoms. The zero-order valence-electron chi connectivity index (χ0n) is 16.4. The van der Waals surface area contributed by atoms with Crippen LogP contribution in [0.4, 0.5) is 0 Å². The predicted molar refractivity (Wildman–Crippen MR) is 108 cm³/mol. The highest BCUT2D eigenvalue weighted by molar-refractivity contribution is 6.33. The highest BCUT2D eigenvalue weighted by Gasteiger charge is 2.29. The molecule has 1 saturated carbocycles. The molecule has 3 rings (SSSR count). The van der Waals surface area contributed by atoms with Crippen LogP contribution in [0, 0.1) is 12.8 Å². The summed E-state index contributed by atoms with van der Waals surface area (Å²) in [6.07, 6.45) is 3.46. The van der Waals surface area contributed by atoms with Crippen LogP contribution in [0.15, 0.2) is 30.3 Å². The van der Waals surface area contributed by atoms with Gasteiger partial charge in [0.1, 0.15) is 10.7 Å². The number of carbonyl (C=O) groups is 2. The second kappa shape index (κ2) is 8.78. The molecule has 1 aliphatic rings. The molecule has 1 heterocycles. The van der Waals surface area contributed by atoms with Crippen LogP contribution >= 0.6 is 11.6 Å². The molecule has 1 aromatic heterocycles. The van der Waals surface area contributed by atoms with E-state index in [-0.39, 0.29) is 22.7 Å². The summed E-state index contributed by atoms with van der Waals surface area (Å²) in [7, 11) is 0. The summed E-state index contributed by atoms with van der Waals surface area (Å²) in [5.74, 6) is -0.498. The van der Waals surface area contributed by atoms with Crippen LogP contribution in [0.3, 0.4) is 0 Å². The van der Waals surface area contributed by atoms with Gasteiger partial charge in [0.05, 0.1) is 11.4 Å². The minimum Gasteiger partial charge on any atom is -0.449 e. The first-order valence-corrected chi connectivity index (χ1v) is 10.1. The lowest BCUT2D eigenvalue weighted by Gasteiger charge is -2.30. The number of aromatic nitrogens is 2. The maximum Gasteiger partial charge on any atom is 0.344 e. The number of amides is 1. The Labute approximate surface area is 170 Å². The second-order valence-corrected chi connectivity index (χ2v) is 7.78. The first kappa shape index (κ1) is 20.4. The van der Waals surface area contributed by atoms with Crippen molar-refractivity contribution in [1.29, 1.82) is 0 Å².